The number of benzene rings is 2. The molecule has 0 aliphatic rings. The van der Waals surface area contributed by atoms with Crippen LogP contribution in [0.25, 0.3) is 0 Å². The molecule has 0 aliphatic carbocycles. The van der Waals surface area contributed by atoms with Crippen molar-refractivity contribution in [3.8, 4) is 0 Å². The van der Waals surface area contributed by atoms with Gasteiger partial charge in [-0.15, -0.1) is 0 Å². The first-order valence-corrected chi connectivity index (χ1v) is 6.97. The second-order valence-electron chi connectivity index (χ2n) is 4.68. The number of carbonyl (C=O) groups excluding carboxylic acids is 1. The van der Waals surface area contributed by atoms with Gasteiger partial charge in [-0.2, -0.15) is 0 Å². The van der Waals surface area contributed by atoms with E-state index in [1.807, 2.05) is 6.92 Å². The fourth-order valence-corrected chi connectivity index (χ4v) is 2.06. The third-order valence-electron chi connectivity index (χ3n) is 3.09. The number of para-hydroxylation sites is 1. The molecular weight excluding hydrogens is 291 g/mol. The van der Waals surface area contributed by atoms with Gasteiger partial charge in [-0.05, 0) is 36.8 Å². The average Bonchev–Trinajstić information content (AvgIpc) is 2.48. The van der Waals surface area contributed by atoms with Crippen LogP contribution in [0.1, 0.15) is 18.5 Å². The normalized spacial score (nSPS) is 12.0. The quantitative estimate of drug-likeness (QED) is 0.883. The summed E-state index contributed by atoms with van der Waals surface area (Å²) in [6, 6.07) is 13.2. The van der Waals surface area contributed by atoms with Crippen LogP contribution in [0.4, 0.5) is 10.1 Å². The zero-order valence-corrected chi connectivity index (χ0v) is 12.3. The summed E-state index contributed by atoms with van der Waals surface area (Å²) in [5.41, 5.74) is 1.50. The Kier molecular flexibility index (Phi) is 5.31. The van der Waals surface area contributed by atoms with E-state index >= 15 is 0 Å². The maximum absolute atomic E-state index is 12.8. The Morgan fingerprint density at radius 3 is 2.52 bits per heavy atom. The Balaban J connectivity index is 1.86. The van der Waals surface area contributed by atoms with Crippen molar-refractivity contribution in [2.45, 2.75) is 13.0 Å². The van der Waals surface area contributed by atoms with E-state index in [2.05, 4.69) is 10.6 Å². The molecule has 0 saturated heterocycles. The van der Waals surface area contributed by atoms with Crippen LogP contribution in [0.5, 0.6) is 0 Å². The number of halogens is 2. The highest BCUT2D eigenvalue weighted by atomic mass is 35.5. The van der Waals surface area contributed by atoms with Crippen LogP contribution in [-0.4, -0.2) is 12.5 Å². The van der Waals surface area contributed by atoms with Gasteiger partial charge in [-0.25, -0.2) is 4.39 Å². The fraction of sp³-hybridized carbons (Fsp3) is 0.188. The first-order valence-electron chi connectivity index (χ1n) is 6.59. The SMILES string of the molecule is C[C@H](NCC(=O)Nc1ccccc1Cl)c1ccc(F)cc1. The molecule has 0 spiro atoms. The van der Waals surface area contributed by atoms with Gasteiger partial charge in [0.1, 0.15) is 5.82 Å². The highest BCUT2D eigenvalue weighted by molar-refractivity contribution is 6.33. The lowest BCUT2D eigenvalue weighted by molar-refractivity contribution is -0.115. The lowest BCUT2D eigenvalue weighted by Crippen LogP contribution is -2.30. The molecule has 2 N–H and O–H groups in total. The number of anilines is 1. The monoisotopic (exact) mass is 306 g/mol. The summed E-state index contributed by atoms with van der Waals surface area (Å²) in [5, 5.41) is 6.31. The van der Waals surface area contributed by atoms with E-state index in [4.69, 9.17) is 11.6 Å². The molecule has 0 fully saturated rings. The van der Waals surface area contributed by atoms with Gasteiger partial charge in [0.05, 0.1) is 17.3 Å². The van der Waals surface area contributed by atoms with Gasteiger partial charge in [0.15, 0.2) is 0 Å². The van der Waals surface area contributed by atoms with Crippen LogP contribution in [0.2, 0.25) is 5.02 Å². The van der Waals surface area contributed by atoms with Crippen molar-refractivity contribution in [2.75, 3.05) is 11.9 Å². The van der Waals surface area contributed by atoms with Crippen molar-refractivity contribution >= 4 is 23.2 Å². The van der Waals surface area contributed by atoms with Crippen LogP contribution in [0, 0.1) is 5.82 Å². The van der Waals surface area contributed by atoms with Crippen LogP contribution in [0.15, 0.2) is 48.5 Å². The Morgan fingerprint density at radius 2 is 1.86 bits per heavy atom. The molecule has 2 rings (SSSR count). The van der Waals surface area contributed by atoms with Crippen molar-refractivity contribution in [1.82, 2.24) is 5.32 Å². The van der Waals surface area contributed by atoms with Crippen LogP contribution in [0.3, 0.4) is 0 Å². The summed E-state index contributed by atoms with van der Waals surface area (Å²) >= 11 is 5.97. The molecule has 0 radical (unpaired) electrons. The molecular formula is C16H16ClFN2O. The molecule has 0 aromatic heterocycles. The van der Waals surface area contributed by atoms with Gasteiger partial charge in [0.2, 0.25) is 5.91 Å². The maximum Gasteiger partial charge on any atom is 0.238 e. The van der Waals surface area contributed by atoms with Crippen LogP contribution in [-0.2, 0) is 4.79 Å². The highest BCUT2D eigenvalue weighted by Crippen LogP contribution is 2.20. The van der Waals surface area contributed by atoms with Gasteiger partial charge in [0, 0.05) is 6.04 Å². The minimum atomic E-state index is -0.276. The van der Waals surface area contributed by atoms with Gasteiger partial charge in [-0.1, -0.05) is 35.9 Å². The Bertz CT molecular complexity index is 616. The van der Waals surface area contributed by atoms with E-state index in [0.717, 1.165) is 5.56 Å². The number of rotatable bonds is 5. The summed E-state index contributed by atoms with van der Waals surface area (Å²) in [5.74, 6) is -0.459. The first-order chi connectivity index (χ1) is 10.1. The largest absolute Gasteiger partial charge is 0.324 e. The van der Waals surface area contributed by atoms with Crippen molar-refractivity contribution in [3.05, 3.63) is 64.9 Å². The summed E-state index contributed by atoms with van der Waals surface area (Å²) in [4.78, 5) is 11.9. The fourth-order valence-electron chi connectivity index (χ4n) is 1.87. The molecule has 2 aromatic carbocycles. The minimum Gasteiger partial charge on any atom is -0.324 e. The van der Waals surface area contributed by atoms with E-state index < -0.39 is 0 Å². The molecule has 0 heterocycles. The molecule has 110 valence electrons. The second kappa shape index (κ2) is 7.20. The zero-order chi connectivity index (χ0) is 15.2. The van der Waals surface area contributed by atoms with Gasteiger partial charge in [0.25, 0.3) is 0 Å². The summed E-state index contributed by atoms with van der Waals surface area (Å²) in [7, 11) is 0. The Labute approximate surface area is 128 Å². The highest BCUT2D eigenvalue weighted by Gasteiger charge is 2.09. The minimum absolute atomic E-state index is 0.0532. The molecule has 21 heavy (non-hydrogen) atoms. The number of carbonyl (C=O) groups is 1. The number of hydrogen-bond acceptors (Lipinski definition) is 2. The van der Waals surface area contributed by atoms with Crippen molar-refractivity contribution in [1.29, 1.82) is 0 Å². The number of amides is 1. The Hall–Kier alpha value is -1.91. The van der Waals surface area contributed by atoms with Crippen molar-refractivity contribution in [3.63, 3.8) is 0 Å². The second-order valence-corrected chi connectivity index (χ2v) is 5.09. The predicted octanol–water partition coefficient (Wildman–Crippen LogP) is 3.77. The molecule has 1 atom stereocenters. The van der Waals surface area contributed by atoms with E-state index in [-0.39, 0.29) is 24.3 Å². The smallest absolute Gasteiger partial charge is 0.238 e. The molecule has 0 unspecified atom stereocenters. The zero-order valence-electron chi connectivity index (χ0n) is 11.6. The average molecular weight is 307 g/mol. The number of hydrogen-bond donors (Lipinski definition) is 2. The van der Waals surface area contributed by atoms with E-state index in [1.54, 1.807) is 36.4 Å². The third-order valence-corrected chi connectivity index (χ3v) is 3.42. The van der Waals surface area contributed by atoms with Gasteiger partial charge < -0.3 is 10.6 Å². The molecule has 2 aromatic rings. The van der Waals surface area contributed by atoms with Crippen LogP contribution >= 0.6 is 11.6 Å². The lowest BCUT2D eigenvalue weighted by atomic mass is 10.1. The summed E-state index contributed by atoms with van der Waals surface area (Å²) in [6.07, 6.45) is 0. The van der Waals surface area contributed by atoms with Crippen LogP contribution < -0.4 is 10.6 Å². The van der Waals surface area contributed by atoms with Gasteiger partial charge >= 0.3 is 0 Å². The number of nitrogens with one attached hydrogen (secondary N) is 2. The topological polar surface area (TPSA) is 41.1 Å². The molecule has 3 nitrogen and oxygen atoms in total. The molecule has 0 saturated carbocycles. The van der Waals surface area contributed by atoms with E-state index in [1.165, 1.54) is 12.1 Å². The third kappa shape index (κ3) is 4.55. The first kappa shape index (κ1) is 15.5. The molecule has 0 aliphatic heterocycles. The maximum atomic E-state index is 12.8. The van der Waals surface area contributed by atoms with Crippen molar-refractivity contribution in [2.24, 2.45) is 0 Å². The Morgan fingerprint density at radius 1 is 1.19 bits per heavy atom. The van der Waals surface area contributed by atoms with Gasteiger partial charge in [-0.3, -0.25) is 4.79 Å². The lowest BCUT2D eigenvalue weighted by Gasteiger charge is -2.14. The molecule has 0 bridgehead atoms. The summed E-state index contributed by atoms with van der Waals surface area (Å²) in [6.45, 7) is 2.06. The van der Waals surface area contributed by atoms with E-state index in [9.17, 15) is 9.18 Å². The standard InChI is InChI=1S/C16H16ClFN2O/c1-11(12-6-8-13(18)9-7-12)19-10-16(21)20-15-5-3-2-4-14(15)17/h2-9,11,19H,10H2,1H3,(H,20,21)/t11-/m0/s1. The molecule has 5 heteroatoms. The van der Waals surface area contributed by atoms with Crippen molar-refractivity contribution < 1.29 is 9.18 Å². The summed E-state index contributed by atoms with van der Waals surface area (Å²) < 4.78 is 12.8. The van der Waals surface area contributed by atoms with E-state index in [0.29, 0.717) is 10.7 Å². The molecule has 1 amide bonds. The predicted molar refractivity (Wildman–Crippen MR) is 82.9 cm³/mol.